The Balaban J connectivity index is 0.00000176. The van der Waals surface area contributed by atoms with Gasteiger partial charge in [0.15, 0.2) is 0 Å². The third-order valence-electron chi connectivity index (χ3n) is 3.50. The van der Waals surface area contributed by atoms with Crippen LogP contribution in [0.15, 0.2) is 24.5 Å². The number of hydrogen-bond donors (Lipinski definition) is 1. The molecule has 2 aromatic rings. The number of nitrogens with zero attached hydrogens (tertiary/aromatic N) is 4. The van der Waals surface area contributed by atoms with Crippen molar-refractivity contribution in [3.05, 3.63) is 30.1 Å². The lowest BCUT2D eigenvalue weighted by Gasteiger charge is -2.37. The molecule has 1 aliphatic rings. The number of fused-ring (bicyclic) bond motifs is 1. The van der Waals surface area contributed by atoms with Crippen LogP contribution in [0.5, 0.6) is 0 Å². The van der Waals surface area contributed by atoms with Crippen LogP contribution in [0.4, 0.5) is 14.5 Å². The second-order valence-electron chi connectivity index (χ2n) is 5.20. The van der Waals surface area contributed by atoms with Gasteiger partial charge in [0.2, 0.25) is 0 Å². The minimum Gasteiger partial charge on any atom is -0.362 e. The summed E-state index contributed by atoms with van der Waals surface area (Å²) in [6.45, 7) is -0.0779. The van der Waals surface area contributed by atoms with Crippen LogP contribution < -0.4 is 10.6 Å². The molecule has 0 bridgehead atoms. The number of anilines is 1. The average molecular weight is 326 g/mol. The quantitative estimate of drug-likeness (QED) is 0.868. The minimum absolute atomic E-state index is 0. The van der Waals surface area contributed by atoms with E-state index in [9.17, 15) is 8.78 Å². The summed E-state index contributed by atoms with van der Waals surface area (Å²) in [6, 6.07) is 4.63. The van der Waals surface area contributed by atoms with E-state index in [1.165, 1.54) is 17.3 Å². The van der Waals surface area contributed by atoms with E-state index in [1.54, 1.807) is 12.1 Å². The first-order valence-electron chi connectivity index (χ1n) is 6.52. The van der Waals surface area contributed by atoms with Gasteiger partial charge in [-0.3, -0.25) is 9.97 Å². The second-order valence-corrected chi connectivity index (χ2v) is 5.20. The third kappa shape index (κ3) is 2.93. The molecule has 1 saturated heterocycles. The Morgan fingerprint density at radius 3 is 2.59 bits per heavy atom. The minimum atomic E-state index is -2.83. The fourth-order valence-corrected chi connectivity index (χ4v) is 2.71. The van der Waals surface area contributed by atoms with Crippen LogP contribution in [-0.2, 0) is 0 Å². The lowest BCUT2D eigenvalue weighted by Crippen LogP contribution is -2.52. The number of alkyl halides is 2. The van der Waals surface area contributed by atoms with Gasteiger partial charge in [-0.2, -0.15) is 5.26 Å². The van der Waals surface area contributed by atoms with Crippen molar-refractivity contribution in [3.8, 4) is 6.07 Å². The van der Waals surface area contributed by atoms with E-state index in [0.29, 0.717) is 28.8 Å². The molecule has 1 aromatic carbocycles. The molecule has 1 aliphatic heterocycles. The molecule has 0 radical (unpaired) electrons. The Kier molecular flexibility index (Phi) is 4.44. The van der Waals surface area contributed by atoms with Crippen molar-refractivity contribution in [2.45, 2.75) is 18.4 Å². The summed E-state index contributed by atoms with van der Waals surface area (Å²) in [5.74, 6) is -2.83. The zero-order valence-electron chi connectivity index (χ0n) is 11.5. The molecule has 0 spiro atoms. The fourth-order valence-electron chi connectivity index (χ4n) is 2.71. The van der Waals surface area contributed by atoms with Crippen molar-refractivity contribution < 1.29 is 8.78 Å². The Hall–Kier alpha value is -2.04. The maximum atomic E-state index is 13.7. The summed E-state index contributed by atoms with van der Waals surface area (Å²) in [6.07, 6.45) is 2.64. The van der Waals surface area contributed by atoms with Crippen LogP contribution >= 0.6 is 12.4 Å². The summed E-state index contributed by atoms with van der Waals surface area (Å²) in [5, 5.41) is 9.09. The van der Waals surface area contributed by atoms with Crippen LogP contribution in [0, 0.1) is 11.3 Å². The topological polar surface area (TPSA) is 78.8 Å². The number of rotatable bonds is 1. The molecule has 116 valence electrons. The third-order valence-corrected chi connectivity index (χ3v) is 3.50. The first kappa shape index (κ1) is 16.3. The molecule has 1 unspecified atom stereocenters. The summed E-state index contributed by atoms with van der Waals surface area (Å²) in [4.78, 5) is 9.85. The Labute approximate surface area is 132 Å². The van der Waals surface area contributed by atoms with Gasteiger partial charge in [0.1, 0.15) is 17.1 Å². The van der Waals surface area contributed by atoms with Gasteiger partial charge in [-0.15, -0.1) is 12.4 Å². The summed E-state index contributed by atoms with van der Waals surface area (Å²) < 4.78 is 27.5. The molecule has 1 aromatic heterocycles. The largest absolute Gasteiger partial charge is 0.362 e. The van der Waals surface area contributed by atoms with Gasteiger partial charge in [0, 0.05) is 31.4 Å². The van der Waals surface area contributed by atoms with Crippen LogP contribution in [-0.4, -0.2) is 35.0 Å². The van der Waals surface area contributed by atoms with E-state index in [4.69, 9.17) is 11.0 Å². The van der Waals surface area contributed by atoms with Gasteiger partial charge in [0.25, 0.3) is 5.92 Å². The van der Waals surface area contributed by atoms with E-state index in [2.05, 4.69) is 9.97 Å². The molecule has 5 nitrogen and oxygen atoms in total. The highest BCUT2D eigenvalue weighted by molar-refractivity contribution is 5.92. The molecule has 0 amide bonds. The highest BCUT2D eigenvalue weighted by atomic mass is 35.5. The van der Waals surface area contributed by atoms with Crippen LogP contribution in [0.2, 0.25) is 0 Å². The van der Waals surface area contributed by atoms with Crippen molar-refractivity contribution >= 4 is 29.1 Å². The van der Waals surface area contributed by atoms with E-state index >= 15 is 0 Å². The fraction of sp³-hybridized carbons (Fsp3) is 0.357. The Bertz CT molecular complexity index is 731. The van der Waals surface area contributed by atoms with Crippen molar-refractivity contribution in [3.63, 3.8) is 0 Å². The number of benzene rings is 1. The van der Waals surface area contributed by atoms with Crippen molar-refractivity contribution in [2.75, 3.05) is 18.0 Å². The summed E-state index contributed by atoms with van der Waals surface area (Å²) >= 11 is 0. The second kappa shape index (κ2) is 5.99. The number of hydrogen-bond acceptors (Lipinski definition) is 5. The molecule has 8 heteroatoms. The molecule has 22 heavy (non-hydrogen) atoms. The normalized spacial score (nSPS) is 20.3. The number of nitrogens with two attached hydrogens (primary N) is 1. The van der Waals surface area contributed by atoms with Gasteiger partial charge < -0.3 is 10.6 Å². The smallest absolute Gasteiger partial charge is 0.266 e. The molecule has 0 aliphatic carbocycles. The number of piperidine rings is 1. The molecular formula is C14H14ClF2N5. The molecule has 2 N–H and O–H groups in total. The number of halogens is 3. The van der Waals surface area contributed by atoms with E-state index in [1.807, 2.05) is 6.07 Å². The molecule has 2 heterocycles. The molecular weight excluding hydrogens is 312 g/mol. The van der Waals surface area contributed by atoms with Crippen LogP contribution in [0.25, 0.3) is 11.0 Å². The first-order chi connectivity index (χ1) is 10.00. The predicted octanol–water partition coefficient (Wildman–Crippen LogP) is 2.10. The van der Waals surface area contributed by atoms with Gasteiger partial charge in [0.05, 0.1) is 17.8 Å². The first-order valence-corrected chi connectivity index (χ1v) is 6.52. The van der Waals surface area contributed by atoms with Crippen LogP contribution in [0.1, 0.15) is 12.0 Å². The SMILES string of the molecule is Cl.N#Cc1ccc(N2CC(N)CC(F)(F)C2)c2nccnc12. The molecule has 1 atom stereocenters. The van der Waals surface area contributed by atoms with Gasteiger partial charge in [-0.25, -0.2) is 8.78 Å². The highest BCUT2D eigenvalue weighted by Crippen LogP contribution is 2.33. The van der Waals surface area contributed by atoms with Gasteiger partial charge >= 0.3 is 0 Å². The van der Waals surface area contributed by atoms with Crippen molar-refractivity contribution in [1.82, 2.24) is 9.97 Å². The molecule has 1 fully saturated rings. The monoisotopic (exact) mass is 325 g/mol. The zero-order chi connectivity index (χ0) is 15.0. The maximum Gasteiger partial charge on any atom is 0.266 e. The average Bonchev–Trinajstić information content (AvgIpc) is 2.44. The number of nitriles is 1. The van der Waals surface area contributed by atoms with E-state index < -0.39 is 18.5 Å². The van der Waals surface area contributed by atoms with Gasteiger partial charge in [-0.1, -0.05) is 0 Å². The van der Waals surface area contributed by atoms with E-state index in [0.717, 1.165) is 0 Å². The zero-order valence-corrected chi connectivity index (χ0v) is 12.4. The molecule has 0 saturated carbocycles. The summed E-state index contributed by atoms with van der Waals surface area (Å²) in [5.41, 5.74) is 7.50. The highest BCUT2D eigenvalue weighted by Gasteiger charge is 2.39. The lowest BCUT2D eigenvalue weighted by atomic mass is 10.0. The van der Waals surface area contributed by atoms with E-state index in [-0.39, 0.29) is 18.8 Å². The van der Waals surface area contributed by atoms with Crippen LogP contribution in [0.3, 0.4) is 0 Å². The molecule has 3 rings (SSSR count). The van der Waals surface area contributed by atoms with Gasteiger partial charge in [-0.05, 0) is 12.1 Å². The standard InChI is InChI=1S/C14H13F2N5.ClH/c15-14(16)5-10(18)7-21(8-14)11-2-1-9(6-17)12-13(11)20-4-3-19-12;/h1-4,10H,5,7-8,18H2;1H. The van der Waals surface area contributed by atoms with Crippen molar-refractivity contribution in [2.24, 2.45) is 5.73 Å². The van der Waals surface area contributed by atoms with Crippen molar-refractivity contribution in [1.29, 1.82) is 5.26 Å². The summed E-state index contributed by atoms with van der Waals surface area (Å²) in [7, 11) is 0. The predicted molar refractivity (Wildman–Crippen MR) is 81.3 cm³/mol. The maximum absolute atomic E-state index is 13.7. The lowest BCUT2D eigenvalue weighted by molar-refractivity contribution is -0.0171. The Morgan fingerprint density at radius 1 is 1.27 bits per heavy atom. The Morgan fingerprint density at radius 2 is 1.95 bits per heavy atom. The number of aromatic nitrogens is 2.